The number of carbonyl (C=O) groups excluding carboxylic acids is 2. The first-order chi connectivity index (χ1) is 8.70. The van der Waals surface area contributed by atoms with Gasteiger partial charge in [-0.2, -0.15) is 0 Å². The second-order valence-electron chi connectivity index (χ2n) is 5.32. The van der Waals surface area contributed by atoms with Gasteiger partial charge < -0.3 is 10.2 Å². The van der Waals surface area contributed by atoms with Crippen molar-refractivity contribution in [1.29, 1.82) is 0 Å². The van der Waals surface area contributed by atoms with Gasteiger partial charge in [0.25, 0.3) is 0 Å². The number of nitrogens with zero attached hydrogens (tertiary/aromatic N) is 1. The normalized spacial score (nSPS) is 24.9. The third-order valence-electron chi connectivity index (χ3n) is 3.99. The molecule has 1 aliphatic carbocycles. The Labute approximate surface area is 108 Å². The molecule has 1 aliphatic heterocycles. The molecule has 1 N–H and O–H groups in total. The molecule has 2 fully saturated rings. The standard InChI is InChI=1S/C14H22N2O2/c1-2-13(17)15-12-8-9-16(10-12)14(18)11-6-4-3-5-7-11/h2,11-12H,1,3-10H2,(H,15,17). The van der Waals surface area contributed by atoms with E-state index in [1.54, 1.807) is 0 Å². The van der Waals surface area contributed by atoms with Crippen molar-refractivity contribution in [2.75, 3.05) is 13.1 Å². The maximum absolute atomic E-state index is 12.3. The zero-order chi connectivity index (χ0) is 13.0. The van der Waals surface area contributed by atoms with Gasteiger partial charge >= 0.3 is 0 Å². The maximum Gasteiger partial charge on any atom is 0.243 e. The molecule has 0 aromatic rings. The fraction of sp³-hybridized carbons (Fsp3) is 0.714. The molecule has 18 heavy (non-hydrogen) atoms. The molecule has 2 rings (SSSR count). The van der Waals surface area contributed by atoms with Crippen molar-refractivity contribution in [1.82, 2.24) is 10.2 Å². The SMILES string of the molecule is C=CC(=O)NC1CCN(C(=O)C2CCCCC2)C1. The van der Waals surface area contributed by atoms with E-state index < -0.39 is 0 Å². The van der Waals surface area contributed by atoms with E-state index in [2.05, 4.69) is 11.9 Å². The van der Waals surface area contributed by atoms with Crippen LogP contribution in [0, 0.1) is 5.92 Å². The van der Waals surface area contributed by atoms with Crippen LogP contribution in [0.1, 0.15) is 38.5 Å². The third-order valence-corrected chi connectivity index (χ3v) is 3.99. The molecule has 0 radical (unpaired) electrons. The van der Waals surface area contributed by atoms with E-state index in [9.17, 15) is 9.59 Å². The highest BCUT2D eigenvalue weighted by atomic mass is 16.2. The molecule has 2 amide bonds. The van der Waals surface area contributed by atoms with Crippen LogP contribution in [0.2, 0.25) is 0 Å². The van der Waals surface area contributed by atoms with Crippen molar-refractivity contribution >= 4 is 11.8 Å². The Morgan fingerprint density at radius 1 is 1.17 bits per heavy atom. The van der Waals surface area contributed by atoms with Gasteiger partial charge in [0.2, 0.25) is 11.8 Å². The van der Waals surface area contributed by atoms with E-state index in [0.717, 1.165) is 25.8 Å². The Balaban J connectivity index is 1.82. The van der Waals surface area contributed by atoms with Gasteiger partial charge in [-0.3, -0.25) is 9.59 Å². The van der Waals surface area contributed by atoms with Gasteiger partial charge in [-0.1, -0.05) is 25.8 Å². The average molecular weight is 250 g/mol. The Kier molecular flexibility index (Phi) is 4.39. The van der Waals surface area contributed by atoms with Gasteiger partial charge in [-0.05, 0) is 25.3 Å². The summed E-state index contributed by atoms with van der Waals surface area (Å²) in [5.74, 6) is 0.379. The van der Waals surface area contributed by atoms with E-state index in [1.807, 2.05) is 4.90 Å². The molecule has 4 heteroatoms. The summed E-state index contributed by atoms with van der Waals surface area (Å²) >= 11 is 0. The molecule has 0 aromatic carbocycles. The molecule has 1 saturated carbocycles. The van der Waals surface area contributed by atoms with E-state index in [1.165, 1.54) is 25.3 Å². The van der Waals surface area contributed by atoms with Crippen molar-refractivity contribution in [3.8, 4) is 0 Å². The lowest BCUT2D eigenvalue weighted by atomic mass is 9.88. The summed E-state index contributed by atoms with van der Waals surface area (Å²) in [6, 6.07) is 0.100. The zero-order valence-corrected chi connectivity index (χ0v) is 10.9. The highest BCUT2D eigenvalue weighted by molar-refractivity contribution is 5.87. The van der Waals surface area contributed by atoms with Crippen LogP contribution in [-0.2, 0) is 9.59 Å². The van der Waals surface area contributed by atoms with Gasteiger partial charge in [0.15, 0.2) is 0 Å². The summed E-state index contributed by atoms with van der Waals surface area (Å²) in [4.78, 5) is 25.4. The maximum atomic E-state index is 12.3. The molecule has 100 valence electrons. The Morgan fingerprint density at radius 3 is 2.56 bits per heavy atom. The molecule has 2 aliphatic rings. The van der Waals surface area contributed by atoms with Gasteiger partial charge in [-0.15, -0.1) is 0 Å². The molecule has 0 aromatic heterocycles. The summed E-state index contributed by atoms with van der Waals surface area (Å²) in [6.45, 7) is 4.87. The number of rotatable bonds is 3. The first-order valence-corrected chi connectivity index (χ1v) is 6.92. The second-order valence-corrected chi connectivity index (χ2v) is 5.32. The lowest BCUT2D eigenvalue weighted by Crippen LogP contribution is -2.40. The lowest BCUT2D eigenvalue weighted by Gasteiger charge is -2.26. The monoisotopic (exact) mass is 250 g/mol. The Bertz CT molecular complexity index is 335. The minimum Gasteiger partial charge on any atom is -0.348 e. The first-order valence-electron chi connectivity index (χ1n) is 6.92. The summed E-state index contributed by atoms with van der Waals surface area (Å²) < 4.78 is 0. The Morgan fingerprint density at radius 2 is 1.89 bits per heavy atom. The van der Waals surface area contributed by atoms with Crippen molar-refractivity contribution in [3.05, 3.63) is 12.7 Å². The summed E-state index contributed by atoms with van der Waals surface area (Å²) in [5.41, 5.74) is 0. The average Bonchev–Trinajstić information content (AvgIpc) is 2.87. The van der Waals surface area contributed by atoms with Crippen LogP contribution in [0.4, 0.5) is 0 Å². The lowest BCUT2D eigenvalue weighted by molar-refractivity contribution is -0.135. The second kappa shape index (κ2) is 6.03. The van der Waals surface area contributed by atoms with Gasteiger partial charge in [0, 0.05) is 25.0 Å². The summed E-state index contributed by atoms with van der Waals surface area (Å²) in [5, 5.41) is 2.87. The molecule has 4 nitrogen and oxygen atoms in total. The topological polar surface area (TPSA) is 49.4 Å². The van der Waals surface area contributed by atoms with Gasteiger partial charge in [-0.25, -0.2) is 0 Å². The minimum absolute atomic E-state index is 0.100. The fourth-order valence-electron chi connectivity index (χ4n) is 2.95. The highest BCUT2D eigenvalue weighted by Gasteiger charge is 2.31. The minimum atomic E-state index is -0.146. The van der Waals surface area contributed by atoms with Crippen LogP contribution in [0.15, 0.2) is 12.7 Å². The molecule has 1 atom stereocenters. The number of likely N-dealkylation sites (tertiary alicyclic amines) is 1. The van der Waals surface area contributed by atoms with Gasteiger partial charge in [0.05, 0.1) is 0 Å². The largest absolute Gasteiger partial charge is 0.348 e. The van der Waals surface area contributed by atoms with Crippen molar-refractivity contribution in [3.63, 3.8) is 0 Å². The Hall–Kier alpha value is -1.32. The number of nitrogens with one attached hydrogen (secondary N) is 1. The van der Waals surface area contributed by atoms with Crippen LogP contribution in [0.3, 0.4) is 0 Å². The van der Waals surface area contributed by atoms with Crippen LogP contribution in [0.5, 0.6) is 0 Å². The zero-order valence-electron chi connectivity index (χ0n) is 10.9. The van der Waals surface area contributed by atoms with Crippen molar-refractivity contribution < 1.29 is 9.59 Å². The number of hydrogen-bond donors (Lipinski definition) is 1. The van der Waals surface area contributed by atoms with Crippen LogP contribution < -0.4 is 5.32 Å². The predicted octanol–water partition coefficient (Wildman–Crippen LogP) is 1.47. The predicted molar refractivity (Wildman–Crippen MR) is 69.9 cm³/mol. The first kappa shape index (κ1) is 13.1. The number of carbonyl (C=O) groups is 2. The third kappa shape index (κ3) is 3.12. The highest BCUT2D eigenvalue weighted by Crippen LogP contribution is 2.26. The molecule has 0 bridgehead atoms. The fourth-order valence-corrected chi connectivity index (χ4v) is 2.95. The molecule has 1 heterocycles. The van der Waals surface area contributed by atoms with Crippen molar-refractivity contribution in [2.45, 2.75) is 44.6 Å². The van der Waals surface area contributed by atoms with E-state index in [-0.39, 0.29) is 17.9 Å². The van der Waals surface area contributed by atoms with E-state index in [4.69, 9.17) is 0 Å². The molecular formula is C14H22N2O2. The van der Waals surface area contributed by atoms with Gasteiger partial charge in [0.1, 0.15) is 0 Å². The molecular weight excluding hydrogens is 228 g/mol. The van der Waals surface area contributed by atoms with Crippen LogP contribution in [0.25, 0.3) is 0 Å². The smallest absolute Gasteiger partial charge is 0.243 e. The molecule has 0 spiro atoms. The van der Waals surface area contributed by atoms with Crippen LogP contribution >= 0.6 is 0 Å². The van der Waals surface area contributed by atoms with Crippen LogP contribution in [-0.4, -0.2) is 35.8 Å². The molecule has 1 unspecified atom stereocenters. The quantitative estimate of drug-likeness (QED) is 0.771. The summed E-state index contributed by atoms with van der Waals surface area (Å²) in [7, 11) is 0. The number of hydrogen-bond acceptors (Lipinski definition) is 2. The molecule has 1 saturated heterocycles. The van der Waals surface area contributed by atoms with Crippen molar-refractivity contribution in [2.24, 2.45) is 5.92 Å². The number of amides is 2. The van der Waals surface area contributed by atoms with E-state index in [0.29, 0.717) is 12.5 Å². The van der Waals surface area contributed by atoms with E-state index >= 15 is 0 Å². The summed E-state index contributed by atoms with van der Waals surface area (Å²) in [6.07, 6.45) is 7.85.